The Kier molecular flexibility index (Phi) is 6.48. The Morgan fingerprint density at radius 3 is 2.53 bits per heavy atom. The summed E-state index contributed by atoms with van der Waals surface area (Å²) in [5.74, 6) is -0.147. The van der Waals surface area contributed by atoms with E-state index in [-0.39, 0.29) is 17.6 Å². The minimum absolute atomic E-state index is 0.147. The van der Waals surface area contributed by atoms with E-state index in [2.05, 4.69) is 4.98 Å². The molecule has 2 amide bonds. The maximum Gasteiger partial charge on any atom is 0.409 e. The van der Waals surface area contributed by atoms with E-state index in [4.69, 9.17) is 16.3 Å². The normalized spacial score (nSPS) is 14.1. The number of piperazine rings is 1. The summed E-state index contributed by atoms with van der Waals surface area (Å²) in [6.07, 6.45) is 1.14. The van der Waals surface area contributed by atoms with Crippen LogP contribution >= 0.6 is 22.9 Å². The van der Waals surface area contributed by atoms with Gasteiger partial charge in [0.2, 0.25) is 0 Å². The van der Waals surface area contributed by atoms with Crippen molar-refractivity contribution in [3.05, 3.63) is 62.0 Å². The number of carbonyl (C=O) groups excluding carboxylic acids is 2. The van der Waals surface area contributed by atoms with E-state index in [0.29, 0.717) is 65.0 Å². The fourth-order valence-electron chi connectivity index (χ4n) is 3.74. The number of benzene rings is 1. The molecule has 0 N–H and O–H groups in total. The molecule has 2 aromatic heterocycles. The fraction of sp³-hybridized carbons (Fsp3) is 0.364. The first-order valence-corrected chi connectivity index (χ1v) is 11.5. The van der Waals surface area contributed by atoms with E-state index in [1.165, 1.54) is 22.2 Å². The number of fused-ring (bicyclic) bond motifs is 1. The minimum Gasteiger partial charge on any atom is -0.450 e. The summed E-state index contributed by atoms with van der Waals surface area (Å²) in [4.78, 5) is 47.0. The van der Waals surface area contributed by atoms with Crippen LogP contribution in [-0.4, -0.2) is 64.1 Å². The molecule has 3 aromatic rings. The summed E-state index contributed by atoms with van der Waals surface area (Å²) in [7, 11) is 0. The van der Waals surface area contributed by atoms with Crippen molar-refractivity contribution in [2.75, 3.05) is 32.8 Å². The predicted molar refractivity (Wildman–Crippen MR) is 124 cm³/mol. The van der Waals surface area contributed by atoms with Crippen LogP contribution in [0.25, 0.3) is 10.2 Å². The molecule has 4 rings (SSSR count). The number of hydrogen-bond donors (Lipinski definition) is 0. The van der Waals surface area contributed by atoms with Crippen molar-refractivity contribution >= 4 is 45.2 Å². The topological polar surface area (TPSA) is 84.7 Å². The van der Waals surface area contributed by atoms with Crippen LogP contribution in [0.3, 0.4) is 0 Å². The molecule has 10 heteroatoms. The van der Waals surface area contributed by atoms with Gasteiger partial charge in [-0.15, -0.1) is 11.3 Å². The zero-order valence-corrected chi connectivity index (χ0v) is 19.4. The average Bonchev–Trinajstić information content (AvgIpc) is 3.14. The fourth-order valence-corrected chi connectivity index (χ4v) is 5.04. The molecule has 0 radical (unpaired) electrons. The lowest BCUT2D eigenvalue weighted by Crippen LogP contribution is -2.50. The summed E-state index contributed by atoms with van der Waals surface area (Å²) in [5, 5.41) is 1.04. The third-order valence-electron chi connectivity index (χ3n) is 5.50. The first kappa shape index (κ1) is 22.3. The van der Waals surface area contributed by atoms with Gasteiger partial charge in [-0.05, 0) is 31.0 Å². The second-order valence-corrected chi connectivity index (χ2v) is 8.89. The lowest BCUT2D eigenvalue weighted by Gasteiger charge is -2.33. The third kappa shape index (κ3) is 4.22. The van der Waals surface area contributed by atoms with E-state index >= 15 is 0 Å². The molecule has 3 heterocycles. The third-order valence-corrected chi connectivity index (χ3v) is 7.06. The van der Waals surface area contributed by atoms with Crippen molar-refractivity contribution in [2.24, 2.45) is 0 Å². The first-order chi connectivity index (χ1) is 15.4. The molecule has 1 fully saturated rings. The zero-order chi connectivity index (χ0) is 22.8. The highest BCUT2D eigenvalue weighted by Crippen LogP contribution is 2.28. The van der Waals surface area contributed by atoms with Crippen molar-refractivity contribution in [1.29, 1.82) is 0 Å². The van der Waals surface area contributed by atoms with Crippen LogP contribution in [0.5, 0.6) is 0 Å². The molecule has 0 unspecified atom stereocenters. The number of carbonyl (C=O) groups is 2. The van der Waals surface area contributed by atoms with E-state index < -0.39 is 0 Å². The standard InChI is InChI=1S/C22H23ClN4O4S/c1-3-31-22(30)26-10-8-25(9-11-26)21(29)18-14(2)17-19(32-18)24-13-27(20(17)28)12-15-6-4-5-7-16(15)23/h4-7,13H,3,8-12H2,1-2H3. The van der Waals surface area contributed by atoms with Crippen LogP contribution < -0.4 is 5.56 Å². The average molecular weight is 475 g/mol. The molecule has 0 spiro atoms. The maximum atomic E-state index is 13.2. The Hall–Kier alpha value is -2.91. The van der Waals surface area contributed by atoms with Crippen LogP contribution in [0.4, 0.5) is 4.79 Å². The van der Waals surface area contributed by atoms with Gasteiger partial charge in [0.1, 0.15) is 4.83 Å². The molecule has 0 aliphatic carbocycles. The van der Waals surface area contributed by atoms with Crippen molar-refractivity contribution in [3.63, 3.8) is 0 Å². The van der Waals surface area contributed by atoms with Gasteiger partial charge < -0.3 is 14.5 Å². The lowest BCUT2D eigenvalue weighted by atomic mass is 10.2. The highest BCUT2D eigenvalue weighted by molar-refractivity contribution is 7.20. The molecule has 168 valence electrons. The Labute approximate surface area is 194 Å². The Balaban J connectivity index is 1.57. The number of rotatable bonds is 4. The summed E-state index contributed by atoms with van der Waals surface area (Å²) < 4.78 is 6.54. The molecule has 1 saturated heterocycles. The number of hydrogen-bond acceptors (Lipinski definition) is 6. The van der Waals surface area contributed by atoms with Crippen LogP contribution in [0.2, 0.25) is 5.02 Å². The largest absolute Gasteiger partial charge is 0.450 e. The number of halogens is 1. The second-order valence-electron chi connectivity index (χ2n) is 7.48. The molecule has 1 aromatic carbocycles. The molecule has 0 atom stereocenters. The Bertz CT molecular complexity index is 1230. The summed E-state index contributed by atoms with van der Waals surface area (Å²) in [6, 6.07) is 7.35. The summed E-state index contributed by atoms with van der Waals surface area (Å²) >= 11 is 7.46. The van der Waals surface area contributed by atoms with E-state index in [1.807, 2.05) is 18.2 Å². The van der Waals surface area contributed by atoms with Crippen molar-refractivity contribution in [3.8, 4) is 0 Å². The number of aryl methyl sites for hydroxylation is 1. The molecular weight excluding hydrogens is 452 g/mol. The quantitative estimate of drug-likeness (QED) is 0.578. The minimum atomic E-state index is -0.360. The van der Waals surface area contributed by atoms with Gasteiger partial charge in [0, 0.05) is 31.2 Å². The van der Waals surface area contributed by atoms with Crippen LogP contribution in [-0.2, 0) is 11.3 Å². The zero-order valence-electron chi connectivity index (χ0n) is 17.8. The van der Waals surface area contributed by atoms with Gasteiger partial charge in [0.15, 0.2) is 0 Å². The van der Waals surface area contributed by atoms with Crippen molar-refractivity contribution < 1.29 is 14.3 Å². The first-order valence-electron chi connectivity index (χ1n) is 10.3. The molecule has 8 nitrogen and oxygen atoms in total. The van der Waals surface area contributed by atoms with Crippen LogP contribution in [0.15, 0.2) is 35.4 Å². The lowest BCUT2D eigenvalue weighted by molar-refractivity contribution is 0.0574. The van der Waals surface area contributed by atoms with Gasteiger partial charge in [-0.1, -0.05) is 29.8 Å². The number of aromatic nitrogens is 2. The Morgan fingerprint density at radius 2 is 1.84 bits per heavy atom. The van der Waals surface area contributed by atoms with Gasteiger partial charge >= 0.3 is 6.09 Å². The van der Waals surface area contributed by atoms with E-state index in [9.17, 15) is 14.4 Å². The summed E-state index contributed by atoms with van der Waals surface area (Å²) in [5.41, 5.74) is 1.25. The van der Waals surface area contributed by atoms with Gasteiger partial charge in [-0.3, -0.25) is 14.2 Å². The number of thiophene rings is 1. The van der Waals surface area contributed by atoms with Crippen LogP contribution in [0.1, 0.15) is 27.7 Å². The molecule has 32 heavy (non-hydrogen) atoms. The van der Waals surface area contributed by atoms with Gasteiger partial charge in [0.05, 0.1) is 29.7 Å². The highest BCUT2D eigenvalue weighted by Gasteiger charge is 2.28. The SMILES string of the molecule is CCOC(=O)N1CCN(C(=O)c2sc3ncn(Cc4ccccc4Cl)c(=O)c3c2C)CC1. The highest BCUT2D eigenvalue weighted by atomic mass is 35.5. The van der Waals surface area contributed by atoms with Crippen molar-refractivity contribution in [1.82, 2.24) is 19.4 Å². The number of ether oxygens (including phenoxy) is 1. The monoisotopic (exact) mass is 474 g/mol. The predicted octanol–water partition coefficient (Wildman–Crippen LogP) is 3.38. The summed E-state index contributed by atoms with van der Waals surface area (Å²) in [6.45, 7) is 5.82. The number of amides is 2. The van der Waals surface area contributed by atoms with E-state index in [1.54, 1.807) is 29.7 Å². The molecule has 0 saturated carbocycles. The van der Waals surface area contributed by atoms with E-state index in [0.717, 1.165) is 5.56 Å². The maximum absolute atomic E-state index is 13.2. The van der Waals surface area contributed by atoms with Gasteiger partial charge in [0.25, 0.3) is 11.5 Å². The van der Waals surface area contributed by atoms with Gasteiger partial charge in [-0.2, -0.15) is 0 Å². The van der Waals surface area contributed by atoms with Crippen LogP contribution in [0, 0.1) is 6.92 Å². The molecule has 0 bridgehead atoms. The Morgan fingerprint density at radius 1 is 1.16 bits per heavy atom. The smallest absolute Gasteiger partial charge is 0.409 e. The number of nitrogens with zero attached hydrogens (tertiary/aromatic N) is 4. The molecular formula is C22H23ClN4O4S. The molecule has 1 aliphatic heterocycles. The van der Waals surface area contributed by atoms with Crippen molar-refractivity contribution in [2.45, 2.75) is 20.4 Å². The van der Waals surface area contributed by atoms with Gasteiger partial charge in [-0.25, -0.2) is 9.78 Å². The second kappa shape index (κ2) is 9.30. The molecule has 1 aliphatic rings.